The maximum atomic E-state index is 13.3. The van der Waals surface area contributed by atoms with Gasteiger partial charge < -0.3 is 33.6 Å². The second-order valence-corrected chi connectivity index (χ2v) is 18.7. The van der Waals surface area contributed by atoms with Crippen molar-refractivity contribution in [3.05, 3.63) is 127 Å². The molecule has 8 heteroatoms. The second-order valence-electron chi connectivity index (χ2n) is 16.5. The number of esters is 1. The first-order valence-corrected chi connectivity index (χ1v) is 21.0. The van der Waals surface area contributed by atoms with Crippen molar-refractivity contribution in [2.75, 3.05) is 25.1 Å². The number of benzene rings is 4. The monoisotopic (exact) mass is 994 g/mol. The first-order chi connectivity index (χ1) is 25.6. The van der Waals surface area contributed by atoms with Crippen LogP contribution in [0.1, 0.15) is 79.4 Å². The van der Waals surface area contributed by atoms with Crippen LogP contribution in [-0.4, -0.2) is 36.5 Å². The Hall–Kier alpha value is -2.72. The van der Waals surface area contributed by atoms with E-state index in [4.69, 9.17) is 16.3 Å². The van der Waals surface area contributed by atoms with Gasteiger partial charge in [0.1, 0.15) is 6.54 Å². The molecule has 0 fully saturated rings. The van der Waals surface area contributed by atoms with E-state index < -0.39 is 5.41 Å². The zero-order valence-electron chi connectivity index (χ0n) is 33.2. The van der Waals surface area contributed by atoms with Gasteiger partial charge in [0.2, 0.25) is 5.69 Å². The lowest BCUT2D eigenvalue weighted by Gasteiger charge is -2.36. The highest BCUT2D eigenvalue weighted by Crippen LogP contribution is 2.52. The first kappa shape index (κ1) is 41.9. The van der Waals surface area contributed by atoms with Crippen LogP contribution < -0.4 is 28.9 Å². The molecular formula is C47H50Br2ClIN2O2. The fraction of sp³-hybridized carbons (Fsp3) is 0.362. The molecular weight excluding hydrogens is 947 g/mol. The highest BCUT2D eigenvalue weighted by Gasteiger charge is 2.46. The Bertz CT molecular complexity index is 2400. The molecule has 1 atom stereocenters. The van der Waals surface area contributed by atoms with E-state index in [9.17, 15) is 4.79 Å². The van der Waals surface area contributed by atoms with E-state index in [-0.39, 0.29) is 46.7 Å². The van der Waals surface area contributed by atoms with Gasteiger partial charge in [-0.1, -0.05) is 87.7 Å². The second kappa shape index (κ2) is 15.6. The van der Waals surface area contributed by atoms with Crippen LogP contribution in [0.2, 0.25) is 0 Å². The largest absolute Gasteiger partial charge is 1.00 e. The number of carbonyl (C=O) groups is 1. The Morgan fingerprint density at radius 1 is 0.891 bits per heavy atom. The third-order valence-corrected chi connectivity index (χ3v) is 13.8. The highest BCUT2D eigenvalue weighted by atomic mass is 127. The Morgan fingerprint density at radius 3 is 2.11 bits per heavy atom. The molecule has 4 nitrogen and oxygen atoms in total. The molecule has 0 saturated heterocycles. The van der Waals surface area contributed by atoms with Gasteiger partial charge in [-0.3, -0.25) is 4.79 Å². The summed E-state index contributed by atoms with van der Waals surface area (Å²) in [5.74, 6) is -0.203. The molecule has 2 heterocycles. The summed E-state index contributed by atoms with van der Waals surface area (Å²) in [7, 11) is 1.48. The molecule has 2 aliphatic heterocycles. The molecule has 1 unspecified atom stereocenters. The topological polar surface area (TPSA) is 32.6 Å². The number of carbonyl (C=O) groups excluding carboxylic acids is 1. The summed E-state index contributed by atoms with van der Waals surface area (Å²) in [6.07, 6.45) is 10.3. The van der Waals surface area contributed by atoms with Gasteiger partial charge >= 0.3 is 5.97 Å². The molecule has 0 bridgehead atoms. The minimum Gasteiger partial charge on any atom is -1.00 e. The van der Waals surface area contributed by atoms with Crippen LogP contribution in [0.5, 0.6) is 0 Å². The maximum Gasteiger partial charge on any atom is 0.311 e. The van der Waals surface area contributed by atoms with Gasteiger partial charge in [-0.25, -0.2) is 0 Å². The van der Waals surface area contributed by atoms with Crippen LogP contribution in [0.3, 0.4) is 0 Å². The lowest BCUT2D eigenvalue weighted by molar-refractivity contribution is -0.433. The number of hydrogen-bond acceptors (Lipinski definition) is 3. The van der Waals surface area contributed by atoms with Crippen molar-refractivity contribution in [3.8, 4) is 0 Å². The van der Waals surface area contributed by atoms with Crippen molar-refractivity contribution in [1.29, 1.82) is 0 Å². The Morgan fingerprint density at radius 2 is 1.51 bits per heavy atom. The molecule has 4 aromatic carbocycles. The van der Waals surface area contributed by atoms with Gasteiger partial charge in [0.25, 0.3) is 0 Å². The molecule has 0 saturated carbocycles. The SMILES string of the molecule is CCN1/C(=C\C=C2\CC(C(C)(C)C(=O)OC)CC(/C=C/C3=[N+](CC)c4ccc5cc(Br)ccc5c4C3(C)C)=C2Cl)C(C)(C)c2c1ccc1cc(Br)ccc21.[I-]. The average molecular weight is 997 g/mol. The van der Waals surface area contributed by atoms with Crippen LogP contribution in [0.15, 0.2) is 116 Å². The molecule has 0 spiro atoms. The van der Waals surface area contributed by atoms with Gasteiger partial charge in [-0.2, -0.15) is 4.58 Å². The molecule has 0 radical (unpaired) electrons. The van der Waals surface area contributed by atoms with E-state index in [0.717, 1.165) is 38.2 Å². The van der Waals surface area contributed by atoms with Crippen molar-refractivity contribution < 1.29 is 38.1 Å². The summed E-state index contributed by atoms with van der Waals surface area (Å²) in [6, 6.07) is 22.1. The summed E-state index contributed by atoms with van der Waals surface area (Å²) in [5.41, 5.74) is 8.55. The van der Waals surface area contributed by atoms with Crippen molar-refractivity contribution in [3.63, 3.8) is 0 Å². The van der Waals surface area contributed by atoms with Crippen molar-refractivity contribution >= 4 is 88.1 Å². The van der Waals surface area contributed by atoms with E-state index in [1.807, 2.05) is 13.8 Å². The van der Waals surface area contributed by atoms with Crippen molar-refractivity contribution in [2.24, 2.45) is 11.3 Å². The number of fused-ring (bicyclic) bond motifs is 6. The number of rotatable bonds is 7. The first-order valence-electron chi connectivity index (χ1n) is 19.0. The van der Waals surface area contributed by atoms with Crippen LogP contribution in [0.4, 0.5) is 11.4 Å². The quantitative estimate of drug-likeness (QED) is 0.105. The van der Waals surface area contributed by atoms with Gasteiger partial charge in [-0.15, -0.1) is 0 Å². The predicted molar refractivity (Wildman–Crippen MR) is 235 cm³/mol. The molecule has 0 N–H and O–H groups in total. The third-order valence-electron chi connectivity index (χ3n) is 12.4. The molecule has 1 aliphatic carbocycles. The van der Waals surface area contributed by atoms with Gasteiger partial charge in [0, 0.05) is 55.0 Å². The minimum atomic E-state index is -0.707. The summed E-state index contributed by atoms with van der Waals surface area (Å²) >= 11 is 14.8. The fourth-order valence-corrected chi connectivity index (χ4v) is 10.4. The highest BCUT2D eigenvalue weighted by molar-refractivity contribution is 9.10. The smallest absolute Gasteiger partial charge is 0.311 e. The van der Waals surface area contributed by atoms with Crippen LogP contribution in [0.25, 0.3) is 21.5 Å². The molecule has 4 aromatic rings. The lowest BCUT2D eigenvalue weighted by Crippen LogP contribution is -3.00. The fourth-order valence-electron chi connectivity index (χ4n) is 9.38. The van der Waals surface area contributed by atoms with E-state index in [2.05, 4.69) is 168 Å². The number of likely N-dealkylation sites (N-methyl/N-ethyl adjacent to an activating group) is 1. The average Bonchev–Trinajstić information content (AvgIpc) is 3.50. The van der Waals surface area contributed by atoms with Gasteiger partial charge in [0.05, 0.1) is 17.9 Å². The third kappa shape index (κ3) is 7.01. The molecule has 288 valence electrons. The predicted octanol–water partition coefficient (Wildman–Crippen LogP) is 10.2. The standard InChI is InChI=1S/C47H50Br2ClN2O2.HI/c1-10-51-37-20-12-28-26-33(48)16-18-35(28)41(37)46(5,6)39(51)22-14-30-24-32(45(3,4)44(53)54-9)25-31(43(30)50)15-23-40-47(7,8)42-36-19-17-34(49)27-29(36)13-21-38(42)52(40)11-2;/h12-23,26-27,32H,10-11,24-25H2,1-9H3;1H/q+1;/p-1. The molecule has 7 rings (SSSR count). The van der Waals surface area contributed by atoms with Gasteiger partial charge in [-0.05, 0) is 141 Å². The Labute approximate surface area is 365 Å². The summed E-state index contributed by atoms with van der Waals surface area (Å²) in [6.45, 7) is 19.4. The zero-order valence-corrected chi connectivity index (χ0v) is 39.3. The van der Waals surface area contributed by atoms with Gasteiger partial charge in [0.15, 0.2) is 5.71 Å². The number of anilines is 1. The molecule has 0 amide bonds. The van der Waals surface area contributed by atoms with E-state index in [1.165, 1.54) is 62.6 Å². The summed E-state index contributed by atoms with van der Waals surface area (Å²) in [4.78, 5) is 15.7. The lowest BCUT2D eigenvalue weighted by atomic mass is 9.69. The number of nitrogens with zero attached hydrogens (tertiary/aromatic N) is 2. The number of halogens is 4. The minimum absolute atomic E-state index is 0. The van der Waals surface area contributed by atoms with Crippen LogP contribution in [0, 0.1) is 11.3 Å². The van der Waals surface area contributed by atoms with Crippen molar-refractivity contribution in [2.45, 2.75) is 79.1 Å². The summed E-state index contributed by atoms with van der Waals surface area (Å²) in [5, 5.41) is 5.76. The van der Waals surface area contributed by atoms with Crippen molar-refractivity contribution in [1.82, 2.24) is 0 Å². The molecule has 0 aromatic heterocycles. The molecule has 55 heavy (non-hydrogen) atoms. The Balaban J connectivity index is 0.00000514. The van der Waals surface area contributed by atoms with E-state index in [1.54, 1.807) is 0 Å². The summed E-state index contributed by atoms with van der Waals surface area (Å²) < 4.78 is 9.95. The number of hydrogen-bond donors (Lipinski definition) is 0. The molecule has 3 aliphatic rings. The maximum absolute atomic E-state index is 13.3. The normalized spacial score (nSPS) is 20.6. The Kier molecular flexibility index (Phi) is 11.9. The number of ether oxygens (including phenoxy) is 1. The number of methoxy groups -OCH3 is 1. The van der Waals surface area contributed by atoms with E-state index >= 15 is 0 Å². The van der Waals surface area contributed by atoms with Crippen LogP contribution in [-0.2, 0) is 20.4 Å². The zero-order chi connectivity index (χ0) is 38.9. The van der Waals surface area contributed by atoms with Crippen LogP contribution >= 0.6 is 43.5 Å². The van der Waals surface area contributed by atoms with E-state index in [0.29, 0.717) is 12.8 Å². The number of allylic oxidation sites excluding steroid dienone is 8.